The van der Waals surface area contributed by atoms with Crippen LogP contribution in [0.1, 0.15) is 40.6 Å². The Labute approximate surface area is 153 Å². The van der Waals surface area contributed by atoms with E-state index < -0.39 is 0 Å². The molecule has 1 saturated heterocycles. The van der Waals surface area contributed by atoms with Crippen LogP contribution in [-0.4, -0.2) is 43.2 Å². The van der Waals surface area contributed by atoms with Gasteiger partial charge in [-0.05, 0) is 57.0 Å². The summed E-state index contributed by atoms with van der Waals surface area (Å²) in [6.45, 7) is 5.55. The van der Waals surface area contributed by atoms with Crippen LogP contribution in [0.3, 0.4) is 0 Å². The molecule has 2 aromatic heterocycles. The number of aromatic nitrogens is 4. The van der Waals surface area contributed by atoms with E-state index in [2.05, 4.69) is 14.6 Å². The molecule has 1 aliphatic heterocycles. The molecule has 1 aliphatic rings. The van der Waals surface area contributed by atoms with Crippen LogP contribution in [0.25, 0.3) is 5.69 Å². The second-order valence-corrected chi connectivity index (χ2v) is 6.94. The van der Waals surface area contributed by atoms with Crippen LogP contribution in [0, 0.1) is 13.8 Å². The Bertz CT molecular complexity index is 895. The number of piperidine rings is 1. The number of amides is 1. The maximum Gasteiger partial charge on any atom is 0.253 e. The van der Waals surface area contributed by atoms with Crippen LogP contribution in [0.5, 0.6) is 0 Å². The number of aryl methyl sites for hydroxylation is 2. The largest absolute Gasteiger partial charge is 0.337 e. The predicted octanol–water partition coefficient (Wildman–Crippen LogP) is 3.16. The Kier molecular flexibility index (Phi) is 4.32. The van der Waals surface area contributed by atoms with Crippen LogP contribution in [-0.2, 0) is 0 Å². The highest BCUT2D eigenvalue weighted by Crippen LogP contribution is 2.23. The van der Waals surface area contributed by atoms with Gasteiger partial charge < -0.3 is 9.47 Å². The first-order chi connectivity index (χ1) is 12.6. The quantitative estimate of drug-likeness (QED) is 0.730. The molecule has 0 N–H and O–H groups in total. The minimum absolute atomic E-state index is 0.0923. The maximum atomic E-state index is 12.9. The average Bonchev–Trinajstić information content (AvgIpc) is 3.31. The Morgan fingerprint density at radius 3 is 2.65 bits per heavy atom. The van der Waals surface area contributed by atoms with Crippen molar-refractivity contribution in [2.24, 2.45) is 0 Å². The smallest absolute Gasteiger partial charge is 0.253 e. The third kappa shape index (κ3) is 3.14. The first kappa shape index (κ1) is 16.6. The van der Waals surface area contributed by atoms with E-state index in [1.165, 1.54) is 0 Å². The van der Waals surface area contributed by atoms with Crippen LogP contribution < -0.4 is 0 Å². The van der Waals surface area contributed by atoms with Crippen molar-refractivity contribution in [3.05, 3.63) is 66.0 Å². The van der Waals surface area contributed by atoms with Gasteiger partial charge in [-0.2, -0.15) is 5.10 Å². The Morgan fingerprint density at radius 1 is 1.19 bits per heavy atom. The third-order valence-electron chi connectivity index (χ3n) is 5.00. The molecule has 3 heterocycles. The normalized spacial score (nSPS) is 17.5. The monoisotopic (exact) mass is 349 g/mol. The second-order valence-electron chi connectivity index (χ2n) is 6.94. The highest BCUT2D eigenvalue weighted by molar-refractivity contribution is 5.94. The molecular weight excluding hydrogens is 326 g/mol. The standard InChI is InChI=1S/C20H23N5O/c1-15-12-16(2)25(22-15)18-7-5-17(6-8-18)20(26)23-10-3-4-19(13-23)24-11-9-21-14-24/h5-9,11-12,14,19H,3-4,10,13H2,1-2H3. The molecule has 0 saturated carbocycles. The van der Waals surface area contributed by atoms with Gasteiger partial charge in [0.15, 0.2) is 0 Å². The summed E-state index contributed by atoms with van der Waals surface area (Å²) in [6, 6.07) is 10.1. The van der Waals surface area contributed by atoms with Gasteiger partial charge in [0.2, 0.25) is 0 Å². The highest BCUT2D eigenvalue weighted by atomic mass is 16.2. The summed E-state index contributed by atoms with van der Waals surface area (Å²) in [7, 11) is 0. The average molecular weight is 349 g/mol. The number of carbonyl (C=O) groups excluding carboxylic acids is 1. The van der Waals surface area contributed by atoms with Crippen molar-refractivity contribution in [1.82, 2.24) is 24.2 Å². The molecule has 4 rings (SSSR count). The molecular formula is C20H23N5O. The van der Waals surface area contributed by atoms with Crippen molar-refractivity contribution in [2.75, 3.05) is 13.1 Å². The fourth-order valence-electron chi connectivity index (χ4n) is 3.69. The summed E-state index contributed by atoms with van der Waals surface area (Å²) in [5.41, 5.74) is 3.77. The van der Waals surface area contributed by atoms with Crippen LogP contribution >= 0.6 is 0 Å². The van der Waals surface area contributed by atoms with Gasteiger partial charge in [0.25, 0.3) is 5.91 Å². The molecule has 1 aromatic carbocycles. The van der Waals surface area contributed by atoms with Crippen LogP contribution in [0.15, 0.2) is 49.1 Å². The van der Waals surface area contributed by atoms with Crippen molar-refractivity contribution in [3.8, 4) is 5.69 Å². The van der Waals surface area contributed by atoms with Crippen molar-refractivity contribution >= 4 is 5.91 Å². The minimum atomic E-state index is 0.0923. The SMILES string of the molecule is Cc1cc(C)n(-c2ccc(C(=O)N3CCCC(n4ccnc4)C3)cc2)n1. The van der Waals surface area contributed by atoms with E-state index in [4.69, 9.17) is 0 Å². The lowest BCUT2D eigenvalue weighted by molar-refractivity contribution is 0.0679. The second kappa shape index (κ2) is 6.78. The zero-order chi connectivity index (χ0) is 18.1. The number of carbonyl (C=O) groups is 1. The van der Waals surface area contributed by atoms with Crippen molar-refractivity contribution in [2.45, 2.75) is 32.7 Å². The van der Waals surface area contributed by atoms with Gasteiger partial charge in [0.05, 0.1) is 23.8 Å². The third-order valence-corrected chi connectivity index (χ3v) is 5.00. The Balaban J connectivity index is 1.50. The van der Waals surface area contributed by atoms with Gasteiger partial charge in [-0.15, -0.1) is 0 Å². The molecule has 6 nitrogen and oxygen atoms in total. The van der Waals surface area contributed by atoms with Crippen LogP contribution in [0.4, 0.5) is 0 Å². The van der Waals surface area contributed by atoms with Gasteiger partial charge >= 0.3 is 0 Å². The molecule has 0 bridgehead atoms. The van der Waals surface area contributed by atoms with E-state index in [9.17, 15) is 4.79 Å². The molecule has 1 amide bonds. The number of benzene rings is 1. The summed E-state index contributed by atoms with van der Waals surface area (Å²) in [5, 5.41) is 4.50. The molecule has 134 valence electrons. The topological polar surface area (TPSA) is 56.0 Å². The summed E-state index contributed by atoms with van der Waals surface area (Å²) < 4.78 is 4.00. The van der Waals surface area contributed by atoms with E-state index in [1.54, 1.807) is 6.20 Å². The highest BCUT2D eigenvalue weighted by Gasteiger charge is 2.25. The number of rotatable bonds is 3. The van der Waals surface area contributed by atoms with E-state index >= 15 is 0 Å². The zero-order valence-electron chi connectivity index (χ0n) is 15.2. The fraction of sp³-hybridized carbons (Fsp3) is 0.350. The number of likely N-dealkylation sites (tertiary alicyclic amines) is 1. The van der Waals surface area contributed by atoms with E-state index in [0.29, 0.717) is 6.04 Å². The van der Waals surface area contributed by atoms with E-state index in [1.807, 2.05) is 66.3 Å². The molecule has 3 aromatic rings. The van der Waals surface area contributed by atoms with E-state index in [0.717, 1.165) is 48.6 Å². The Hall–Kier alpha value is -2.89. The van der Waals surface area contributed by atoms with Crippen LogP contribution in [0.2, 0.25) is 0 Å². The summed E-state index contributed by atoms with van der Waals surface area (Å²) >= 11 is 0. The lowest BCUT2D eigenvalue weighted by atomic mass is 10.0. The lowest BCUT2D eigenvalue weighted by Gasteiger charge is -2.33. The van der Waals surface area contributed by atoms with Gasteiger partial charge in [-0.25, -0.2) is 9.67 Å². The predicted molar refractivity (Wildman–Crippen MR) is 99.4 cm³/mol. The number of hydrogen-bond donors (Lipinski definition) is 0. The molecule has 1 fully saturated rings. The van der Waals surface area contributed by atoms with Gasteiger partial charge in [0, 0.05) is 36.7 Å². The molecule has 0 spiro atoms. The van der Waals surface area contributed by atoms with Crippen molar-refractivity contribution < 1.29 is 4.79 Å². The first-order valence-electron chi connectivity index (χ1n) is 9.02. The maximum absolute atomic E-state index is 12.9. The number of nitrogens with zero attached hydrogens (tertiary/aromatic N) is 5. The van der Waals surface area contributed by atoms with Crippen molar-refractivity contribution in [3.63, 3.8) is 0 Å². The molecule has 6 heteroatoms. The van der Waals surface area contributed by atoms with Gasteiger partial charge in [-0.3, -0.25) is 4.79 Å². The fourth-order valence-corrected chi connectivity index (χ4v) is 3.69. The molecule has 1 atom stereocenters. The lowest BCUT2D eigenvalue weighted by Crippen LogP contribution is -2.40. The number of imidazole rings is 1. The Morgan fingerprint density at radius 2 is 2.00 bits per heavy atom. The summed E-state index contributed by atoms with van der Waals surface area (Å²) in [4.78, 5) is 19.0. The molecule has 26 heavy (non-hydrogen) atoms. The zero-order valence-corrected chi connectivity index (χ0v) is 15.2. The van der Waals surface area contributed by atoms with Crippen molar-refractivity contribution in [1.29, 1.82) is 0 Å². The summed E-state index contributed by atoms with van der Waals surface area (Å²) in [5.74, 6) is 0.0923. The summed E-state index contributed by atoms with van der Waals surface area (Å²) in [6.07, 6.45) is 7.69. The molecule has 0 radical (unpaired) electrons. The van der Waals surface area contributed by atoms with Gasteiger partial charge in [0.1, 0.15) is 0 Å². The van der Waals surface area contributed by atoms with Gasteiger partial charge in [-0.1, -0.05) is 0 Å². The first-order valence-corrected chi connectivity index (χ1v) is 9.02. The number of hydrogen-bond acceptors (Lipinski definition) is 3. The molecule has 0 aliphatic carbocycles. The van der Waals surface area contributed by atoms with E-state index in [-0.39, 0.29) is 5.91 Å². The minimum Gasteiger partial charge on any atom is -0.337 e. The molecule has 1 unspecified atom stereocenters.